The number of likely N-dealkylation sites (tertiary alicyclic amines) is 1. The van der Waals surface area contributed by atoms with Gasteiger partial charge in [-0.05, 0) is 43.5 Å². The topological polar surface area (TPSA) is 38.8 Å². The summed E-state index contributed by atoms with van der Waals surface area (Å²) in [6.07, 6.45) is 4.10. The highest BCUT2D eigenvalue weighted by atomic mass is 16.5. The highest BCUT2D eigenvalue weighted by Crippen LogP contribution is 2.28. The van der Waals surface area contributed by atoms with Crippen LogP contribution in [0.2, 0.25) is 0 Å². The molecular weight excluding hydrogens is 254 g/mol. The van der Waals surface area contributed by atoms with Gasteiger partial charge in [0.15, 0.2) is 11.5 Å². The zero-order valence-corrected chi connectivity index (χ0v) is 12.3. The van der Waals surface area contributed by atoms with Crippen LogP contribution in [0.5, 0.6) is 11.5 Å². The van der Waals surface area contributed by atoms with E-state index in [2.05, 4.69) is 0 Å². The number of hydrogen-bond acceptors (Lipinski definition) is 3. The minimum absolute atomic E-state index is 0.122. The molecule has 1 aliphatic heterocycles. The van der Waals surface area contributed by atoms with E-state index in [0.29, 0.717) is 11.5 Å². The zero-order chi connectivity index (χ0) is 14.5. The normalized spacial score (nSPS) is 15.3. The molecule has 1 aromatic rings. The van der Waals surface area contributed by atoms with Gasteiger partial charge >= 0.3 is 0 Å². The van der Waals surface area contributed by atoms with E-state index in [1.54, 1.807) is 14.2 Å². The van der Waals surface area contributed by atoms with Crippen molar-refractivity contribution < 1.29 is 14.3 Å². The molecule has 0 spiro atoms. The standard InChI is InChI=1S/C16H21NO3/c1-12(16(18)17-8-4-5-9-17)10-13-6-7-14(19-2)15(11-13)20-3/h6-7,10-11H,4-5,8-9H2,1-3H3/b12-10+. The van der Waals surface area contributed by atoms with E-state index >= 15 is 0 Å². The third-order valence-electron chi connectivity index (χ3n) is 3.52. The summed E-state index contributed by atoms with van der Waals surface area (Å²) in [4.78, 5) is 14.1. The Labute approximate surface area is 120 Å². The summed E-state index contributed by atoms with van der Waals surface area (Å²) in [7, 11) is 3.21. The average Bonchev–Trinajstić information content (AvgIpc) is 3.00. The molecule has 4 nitrogen and oxygen atoms in total. The summed E-state index contributed by atoms with van der Waals surface area (Å²) in [6.45, 7) is 3.60. The van der Waals surface area contributed by atoms with Crippen LogP contribution in [0.15, 0.2) is 23.8 Å². The van der Waals surface area contributed by atoms with Gasteiger partial charge in [-0.15, -0.1) is 0 Å². The minimum atomic E-state index is 0.122. The monoisotopic (exact) mass is 275 g/mol. The van der Waals surface area contributed by atoms with Gasteiger partial charge in [0.2, 0.25) is 5.91 Å². The number of carbonyl (C=O) groups excluding carboxylic acids is 1. The van der Waals surface area contributed by atoms with Gasteiger partial charge in [-0.2, -0.15) is 0 Å². The number of amides is 1. The van der Waals surface area contributed by atoms with Crippen LogP contribution in [0.4, 0.5) is 0 Å². The number of carbonyl (C=O) groups is 1. The molecule has 20 heavy (non-hydrogen) atoms. The summed E-state index contributed by atoms with van der Waals surface area (Å²) in [5, 5.41) is 0. The molecule has 1 amide bonds. The van der Waals surface area contributed by atoms with Crippen molar-refractivity contribution in [2.75, 3.05) is 27.3 Å². The van der Waals surface area contributed by atoms with Crippen LogP contribution >= 0.6 is 0 Å². The third-order valence-corrected chi connectivity index (χ3v) is 3.52. The fourth-order valence-electron chi connectivity index (χ4n) is 2.42. The predicted molar refractivity (Wildman–Crippen MR) is 79.0 cm³/mol. The van der Waals surface area contributed by atoms with E-state index in [4.69, 9.17) is 9.47 Å². The molecule has 0 aliphatic carbocycles. The summed E-state index contributed by atoms with van der Waals surface area (Å²) in [5.41, 5.74) is 1.69. The zero-order valence-electron chi connectivity index (χ0n) is 12.3. The van der Waals surface area contributed by atoms with Crippen molar-refractivity contribution in [1.29, 1.82) is 0 Å². The molecule has 108 valence electrons. The first-order chi connectivity index (χ1) is 9.65. The van der Waals surface area contributed by atoms with Gasteiger partial charge in [0.25, 0.3) is 0 Å². The Morgan fingerprint density at radius 2 is 1.80 bits per heavy atom. The highest BCUT2D eigenvalue weighted by molar-refractivity contribution is 5.97. The predicted octanol–water partition coefficient (Wildman–Crippen LogP) is 2.73. The largest absolute Gasteiger partial charge is 0.493 e. The van der Waals surface area contributed by atoms with Gasteiger partial charge < -0.3 is 14.4 Å². The molecule has 2 rings (SSSR count). The van der Waals surface area contributed by atoms with Crippen LogP contribution in [0.1, 0.15) is 25.3 Å². The molecule has 0 aromatic heterocycles. The molecule has 1 aromatic carbocycles. The lowest BCUT2D eigenvalue weighted by atomic mass is 10.1. The highest BCUT2D eigenvalue weighted by Gasteiger charge is 2.18. The Bertz CT molecular complexity index is 516. The smallest absolute Gasteiger partial charge is 0.249 e. The molecule has 0 radical (unpaired) electrons. The number of ether oxygens (including phenoxy) is 2. The second-order valence-corrected chi connectivity index (χ2v) is 4.94. The van der Waals surface area contributed by atoms with Crippen LogP contribution in [-0.2, 0) is 4.79 Å². The first-order valence-corrected chi connectivity index (χ1v) is 6.85. The fraction of sp³-hybridized carbons (Fsp3) is 0.438. The average molecular weight is 275 g/mol. The number of nitrogens with zero attached hydrogens (tertiary/aromatic N) is 1. The van der Waals surface area contributed by atoms with Gasteiger partial charge in [-0.3, -0.25) is 4.79 Å². The molecule has 0 atom stereocenters. The lowest BCUT2D eigenvalue weighted by Gasteiger charge is -2.15. The van der Waals surface area contributed by atoms with Gasteiger partial charge in [0, 0.05) is 18.7 Å². The van der Waals surface area contributed by atoms with Crippen molar-refractivity contribution in [3.8, 4) is 11.5 Å². The molecule has 0 bridgehead atoms. The summed E-state index contributed by atoms with van der Waals surface area (Å²) in [6, 6.07) is 5.64. The van der Waals surface area contributed by atoms with Crippen LogP contribution in [0.25, 0.3) is 6.08 Å². The van der Waals surface area contributed by atoms with Crippen LogP contribution in [0, 0.1) is 0 Å². The first kappa shape index (κ1) is 14.4. The Balaban J connectivity index is 2.18. The van der Waals surface area contributed by atoms with Crippen molar-refractivity contribution in [3.63, 3.8) is 0 Å². The van der Waals surface area contributed by atoms with Gasteiger partial charge in [-0.1, -0.05) is 6.07 Å². The number of methoxy groups -OCH3 is 2. The molecule has 1 saturated heterocycles. The maximum Gasteiger partial charge on any atom is 0.249 e. The lowest BCUT2D eigenvalue weighted by Crippen LogP contribution is -2.28. The Kier molecular flexibility index (Phi) is 4.66. The SMILES string of the molecule is COc1ccc(/C=C(\C)C(=O)N2CCCC2)cc1OC. The van der Waals surface area contributed by atoms with E-state index in [1.807, 2.05) is 36.1 Å². The first-order valence-electron chi connectivity index (χ1n) is 6.85. The van der Waals surface area contributed by atoms with Crippen LogP contribution in [-0.4, -0.2) is 38.1 Å². The summed E-state index contributed by atoms with van der Waals surface area (Å²) < 4.78 is 10.5. The van der Waals surface area contributed by atoms with Gasteiger partial charge in [-0.25, -0.2) is 0 Å². The molecule has 4 heteroatoms. The van der Waals surface area contributed by atoms with E-state index in [-0.39, 0.29) is 5.91 Å². The van der Waals surface area contributed by atoms with E-state index in [9.17, 15) is 4.79 Å². The van der Waals surface area contributed by atoms with Crippen LogP contribution < -0.4 is 9.47 Å². The Morgan fingerprint density at radius 1 is 1.15 bits per heavy atom. The summed E-state index contributed by atoms with van der Waals surface area (Å²) in [5.74, 6) is 1.48. The maximum absolute atomic E-state index is 12.2. The molecular formula is C16H21NO3. The Morgan fingerprint density at radius 3 is 2.40 bits per heavy atom. The third kappa shape index (κ3) is 3.13. The maximum atomic E-state index is 12.2. The molecule has 0 unspecified atom stereocenters. The van der Waals surface area contributed by atoms with E-state index < -0.39 is 0 Å². The molecule has 1 fully saturated rings. The number of hydrogen-bond donors (Lipinski definition) is 0. The molecule has 1 heterocycles. The quantitative estimate of drug-likeness (QED) is 0.793. The van der Waals surface area contributed by atoms with Crippen molar-refractivity contribution in [3.05, 3.63) is 29.3 Å². The van der Waals surface area contributed by atoms with Crippen molar-refractivity contribution in [2.24, 2.45) is 0 Å². The molecule has 0 saturated carbocycles. The fourth-order valence-corrected chi connectivity index (χ4v) is 2.42. The Hall–Kier alpha value is -1.97. The van der Waals surface area contributed by atoms with Crippen molar-refractivity contribution >= 4 is 12.0 Å². The number of benzene rings is 1. The van der Waals surface area contributed by atoms with Crippen LogP contribution in [0.3, 0.4) is 0 Å². The van der Waals surface area contributed by atoms with E-state index in [0.717, 1.165) is 37.1 Å². The molecule has 0 N–H and O–H groups in total. The second kappa shape index (κ2) is 6.46. The summed E-state index contributed by atoms with van der Waals surface area (Å²) >= 11 is 0. The molecule has 1 aliphatic rings. The minimum Gasteiger partial charge on any atom is -0.493 e. The number of rotatable bonds is 4. The van der Waals surface area contributed by atoms with E-state index in [1.165, 1.54) is 0 Å². The van der Waals surface area contributed by atoms with Crippen molar-refractivity contribution in [2.45, 2.75) is 19.8 Å². The second-order valence-electron chi connectivity index (χ2n) is 4.94. The van der Waals surface area contributed by atoms with Gasteiger partial charge in [0.1, 0.15) is 0 Å². The van der Waals surface area contributed by atoms with Gasteiger partial charge in [0.05, 0.1) is 14.2 Å². The van der Waals surface area contributed by atoms with Crippen molar-refractivity contribution in [1.82, 2.24) is 4.90 Å². The lowest BCUT2D eigenvalue weighted by molar-refractivity contribution is -0.125.